The Kier molecular flexibility index (Phi) is 5.57. The zero-order valence-electron chi connectivity index (χ0n) is 10.2. The van der Waals surface area contributed by atoms with E-state index in [-0.39, 0.29) is 31.8 Å². The van der Waals surface area contributed by atoms with Crippen LogP contribution < -0.4 is 5.73 Å². The molecular weight excluding hydrogens is 285 g/mol. The average molecular weight is 301 g/mol. The molecule has 19 heavy (non-hydrogen) atoms. The smallest absolute Gasteiger partial charge is 0.338 e. The molecule has 110 valence electrons. The molecule has 0 spiro atoms. The van der Waals surface area contributed by atoms with Crippen LogP contribution >= 0.6 is 12.4 Å². The number of likely N-dealkylation sites (tertiary alicyclic amines) is 1. The van der Waals surface area contributed by atoms with Crippen LogP contribution in [0.4, 0.5) is 13.2 Å². The van der Waals surface area contributed by atoms with Crippen LogP contribution in [-0.4, -0.2) is 34.3 Å². The molecule has 1 aliphatic rings. The number of piperidine rings is 1. The molecule has 0 aromatic carbocycles. The lowest BCUT2D eigenvalue weighted by molar-refractivity contribution is -0.185. The van der Waals surface area contributed by atoms with Gasteiger partial charge in [0.1, 0.15) is 0 Å². The lowest BCUT2D eigenvalue weighted by Crippen LogP contribution is -2.38. The summed E-state index contributed by atoms with van der Waals surface area (Å²) in [5, 5.41) is 3.72. The molecule has 0 amide bonds. The van der Waals surface area contributed by atoms with Crippen molar-refractivity contribution in [3.05, 3.63) is 11.7 Å². The quantitative estimate of drug-likeness (QED) is 0.920. The third kappa shape index (κ3) is 4.32. The van der Waals surface area contributed by atoms with Crippen LogP contribution in [-0.2, 0) is 13.1 Å². The van der Waals surface area contributed by atoms with Gasteiger partial charge in [0.15, 0.2) is 5.82 Å². The summed E-state index contributed by atoms with van der Waals surface area (Å²) in [5.74, 6) is -0.366. The lowest BCUT2D eigenvalue weighted by Gasteiger charge is -2.31. The van der Waals surface area contributed by atoms with Crippen molar-refractivity contribution in [2.24, 2.45) is 11.7 Å². The van der Waals surface area contributed by atoms with Crippen molar-refractivity contribution in [1.29, 1.82) is 0 Å². The minimum atomic E-state index is -4.08. The largest absolute Gasteiger partial charge is 0.391 e. The summed E-state index contributed by atoms with van der Waals surface area (Å²) in [5.41, 5.74) is 5.33. The molecule has 0 saturated carbocycles. The van der Waals surface area contributed by atoms with Crippen molar-refractivity contribution in [3.8, 4) is 0 Å². The highest BCUT2D eigenvalue weighted by atomic mass is 35.5. The molecule has 0 unspecified atom stereocenters. The first-order chi connectivity index (χ1) is 8.49. The number of hydrogen-bond donors (Lipinski definition) is 1. The molecule has 1 saturated heterocycles. The highest BCUT2D eigenvalue weighted by Crippen LogP contribution is 2.34. The van der Waals surface area contributed by atoms with E-state index >= 15 is 0 Å². The SMILES string of the molecule is Cl.NCc1nc(CN2CCC(C(F)(F)F)CC2)no1. The van der Waals surface area contributed by atoms with Crippen molar-refractivity contribution in [1.82, 2.24) is 15.0 Å². The number of rotatable bonds is 3. The summed E-state index contributed by atoms with van der Waals surface area (Å²) < 4.78 is 42.3. The second kappa shape index (κ2) is 6.53. The Morgan fingerprint density at radius 2 is 1.95 bits per heavy atom. The third-order valence-electron chi connectivity index (χ3n) is 3.10. The van der Waals surface area contributed by atoms with Crippen molar-refractivity contribution in [3.63, 3.8) is 0 Å². The number of nitrogens with two attached hydrogens (primary N) is 1. The van der Waals surface area contributed by atoms with Crippen LogP contribution in [0, 0.1) is 5.92 Å². The molecule has 2 heterocycles. The second-order valence-electron chi connectivity index (χ2n) is 4.40. The lowest BCUT2D eigenvalue weighted by atomic mass is 9.96. The molecule has 5 nitrogen and oxygen atoms in total. The molecule has 1 aromatic heterocycles. The summed E-state index contributed by atoms with van der Waals surface area (Å²) in [4.78, 5) is 5.92. The Morgan fingerprint density at radius 3 is 2.42 bits per heavy atom. The Bertz CT molecular complexity index is 390. The first-order valence-corrected chi connectivity index (χ1v) is 5.79. The maximum Gasteiger partial charge on any atom is 0.391 e. The number of nitrogens with zero attached hydrogens (tertiary/aromatic N) is 3. The maximum absolute atomic E-state index is 12.5. The highest BCUT2D eigenvalue weighted by molar-refractivity contribution is 5.85. The molecule has 1 fully saturated rings. The molecular formula is C10H16ClF3N4O. The average Bonchev–Trinajstić information content (AvgIpc) is 2.76. The van der Waals surface area contributed by atoms with E-state index in [9.17, 15) is 13.2 Å². The van der Waals surface area contributed by atoms with Crippen LogP contribution in [0.25, 0.3) is 0 Å². The first-order valence-electron chi connectivity index (χ1n) is 5.79. The predicted octanol–water partition coefficient (Wildman–Crippen LogP) is 1.72. The van der Waals surface area contributed by atoms with Crippen molar-refractivity contribution in [2.45, 2.75) is 32.1 Å². The standard InChI is InChI=1S/C10H15F3N4O.ClH/c11-10(12,13)7-1-3-17(4-2-7)6-8-15-9(5-14)18-16-8;/h7H,1-6,14H2;1H. The fourth-order valence-corrected chi connectivity index (χ4v) is 2.06. The van der Waals surface area contributed by atoms with E-state index in [4.69, 9.17) is 10.3 Å². The summed E-state index contributed by atoms with van der Waals surface area (Å²) in [6.07, 6.45) is -3.82. The van der Waals surface area contributed by atoms with Gasteiger partial charge >= 0.3 is 6.18 Å². The van der Waals surface area contributed by atoms with E-state index in [1.807, 2.05) is 4.90 Å². The van der Waals surface area contributed by atoms with Gasteiger partial charge in [-0.15, -0.1) is 12.4 Å². The summed E-state index contributed by atoms with van der Waals surface area (Å²) in [7, 11) is 0. The summed E-state index contributed by atoms with van der Waals surface area (Å²) >= 11 is 0. The number of alkyl halides is 3. The zero-order valence-corrected chi connectivity index (χ0v) is 11.0. The molecule has 0 bridgehead atoms. The molecule has 1 aromatic rings. The van der Waals surface area contributed by atoms with E-state index in [2.05, 4.69) is 10.1 Å². The van der Waals surface area contributed by atoms with Crippen LogP contribution in [0.3, 0.4) is 0 Å². The maximum atomic E-state index is 12.5. The van der Waals surface area contributed by atoms with Gasteiger partial charge in [-0.25, -0.2) is 0 Å². The number of halogens is 4. The van der Waals surface area contributed by atoms with Gasteiger partial charge in [0.25, 0.3) is 0 Å². The van der Waals surface area contributed by atoms with E-state index in [0.717, 1.165) is 0 Å². The molecule has 2 N–H and O–H groups in total. The van der Waals surface area contributed by atoms with E-state index in [1.165, 1.54) is 0 Å². The predicted molar refractivity (Wildman–Crippen MR) is 63.5 cm³/mol. The zero-order chi connectivity index (χ0) is 13.2. The van der Waals surface area contributed by atoms with E-state index in [1.54, 1.807) is 0 Å². The van der Waals surface area contributed by atoms with Gasteiger partial charge in [0.05, 0.1) is 19.0 Å². The van der Waals surface area contributed by atoms with Crippen LogP contribution in [0.2, 0.25) is 0 Å². The topological polar surface area (TPSA) is 68.2 Å². The number of hydrogen-bond acceptors (Lipinski definition) is 5. The minimum Gasteiger partial charge on any atom is -0.338 e. The third-order valence-corrected chi connectivity index (χ3v) is 3.10. The van der Waals surface area contributed by atoms with Gasteiger partial charge < -0.3 is 10.3 Å². The summed E-state index contributed by atoms with van der Waals surface area (Å²) in [6.45, 7) is 1.38. The Balaban J connectivity index is 0.00000180. The normalized spacial score (nSPS) is 18.3. The fraction of sp³-hybridized carbons (Fsp3) is 0.800. The highest BCUT2D eigenvalue weighted by Gasteiger charge is 2.41. The van der Waals surface area contributed by atoms with Gasteiger partial charge in [-0.1, -0.05) is 5.16 Å². The Morgan fingerprint density at radius 1 is 1.32 bits per heavy atom. The van der Waals surface area contributed by atoms with Gasteiger partial charge in [0.2, 0.25) is 5.89 Å². The van der Waals surface area contributed by atoms with Gasteiger partial charge in [-0.3, -0.25) is 4.90 Å². The van der Waals surface area contributed by atoms with Crippen LogP contribution in [0.15, 0.2) is 4.52 Å². The minimum absolute atomic E-state index is 0. The molecule has 1 aliphatic heterocycles. The van der Waals surface area contributed by atoms with Gasteiger partial charge in [-0.05, 0) is 25.9 Å². The summed E-state index contributed by atoms with van der Waals surface area (Å²) in [6, 6.07) is 0. The molecule has 2 rings (SSSR count). The molecule has 9 heteroatoms. The first kappa shape index (κ1) is 16.2. The Labute approximate surface area is 114 Å². The van der Waals surface area contributed by atoms with E-state index in [0.29, 0.717) is 31.3 Å². The molecule has 0 atom stereocenters. The molecule has 0 radical (unpaired) electrons. The van der Waals surface area contributed by atoms with Crippen LogP contribution in [0.1, 0.15) is 24.6 Å². The van der Waals surface area contributed by atoms with Gasteiger partial charge in [0, 0.05) is 0 Å². The van der Waals surface area contributed by atoms with Crippen LogP contribution in [0.5, 0.6) is 0 Å². The second-order valence-corrected chi connectivity index (χ2v) is 4.40. The van der Waals surface area contributed by atoms with E-state index < -0.39 is 12.1 Å². The van der Waals surface area contributed by atoms with Crippen molar-refractivity contribution >= 4 is 12.4 Å². The van der Waals surface area contributed by atoms with Crippen molar-refractivity contribution in [2.75, 3.05) is 13.1 Å². The number of aromatic nitrogens is 2. The van der Waals surface area contributed by atoms with Gasteiger partial charge in [-0.2, -0.15) is 18.2 Å². The Hall–Kier alpha value is -0.860. The fourth-order valence-electron chi connectivity index (χ4n) is 2.06. The monoisotopic (exact) mass is 300 g/mol. The van der Waals surface area contributed by atoms with Crippen molar-refractivity contribution < 1.29 is 17.7 Å². The molecule has 0 aliphatic carbocycles.